The molecule has 0 saturated carbocycles. The van der Waals surface area contributed by atoms with E-state index in [0.717, 1.165) is 11.8 Å². The van der Waals surface area contributed by atoms with Crippen molar-refractivity contribution in [1.82, 2.24) is 9.62 Å². The Kier molecular flexibility index (Phi) is 6.48. The van der Waals surface area contributed by atoms with Crippen molar-refractivity contribution in [1.29, 1.82) is 0 Å². The molecule has 0 bridgehead atoms. The van der Waals surface area contributed by atoms with Crippen molar-refractivity contribution < 1.29 is 22.0 Å². The maximum Gasteiger partial charge on any atom is 0.242 e. The van der Waals surface area contributed by atoms with Gasteiger partial charge in [0.05, 0.1) is 18.4 Å². The highest BCUT2D eigenvalue weighted by atomic mass is 32.2. The lowest BCUT2D eigenvalue weighted by Crippen LogP contribution is -2.41. The van der Waals surface area contributed by atoms with Gasteiger partial charge in [0.1, 0.15) is 11.6 Å². The standard InChI is InChI=1S/C23H27F2N3O3S/c1-32(30,31)26-17-6-4-12-27(14-11-17)21(29)15-28-13-10-16-5-2-7-18(23(16)28)22-19(24)8-3-9-20(22)25/h2-3,5,7-9,17,26H,4,6,10-15H2,1H3/t17-/m0/s1. The molecule has 32 heavy (non-hydrogen) atoms. The van der Waals surface area contributed by atoms with Crippen molar-refractivity contribution in [2.45, 2.75) is 31.7 Å². The summed E-state index contributed by atoms with van der Waals surface area (Å²) in [7, 11) is -3.29. The van der Waals surface area contributed by atoms with E-state index in [1.54, 1.807) is 17.0 Å². The molecule has 2 aromatic carbocycles. The molecule has 1 fully saturated rings. The van der Waals surface area contributed by atoms with Gasteiger partial charge in [0.25, 0.3) is 0 Å². The van der Waals surface area contributed by atoms with Crippen molar-refractivity contribution in [3.05, 3.63) is 53.6 Å². The summed E-state index contributed by atoms with van der Waals surface area (Å²) >= 11 is 0. The SMILES string of the molecule is CS(=O)(=O)N[C@H]1CCCN(C(=O)CN2CCc3cccc(-c4c(F)cccc4F)c32)CC1. The third kappa shape index (κ3) is 4.94. The molecule has 1 atom stereocenters. The van der Waals surface area contributed by atoms with Crippen LogP contribution in [0.2, 0.25) is 0 Å². The summed E-state index contributed by atoms with van der Waals surface area (Å²) in [5.41, 5.74) is 2.05. The molecule has 1 N–H and O–H groups in total. The zero-order chi connectivity index (χ0) is 22.9. The lowest BCUT2D eigenvalue weighted by molar-refractivity contribution is -0.129. The number of carbonyl (C=O) groups is 1. The van der Waals surface area contributed by atoms with Crippen LogP contribution in [0.3, 0.4) is 0 Å². The molecule has 172 valence electrons. The monoisotopic (exact) mass is 463 g/mol. The van der Waals surface area contributed by atoms with Crippen LogP contribution >= 0.6 is 0 Å². The maximum absolute atomic E-state index is 14.5. The maximum atomic E-state index is 14.5. The molecular weight excluding hydrogens is 436 g/mol. The number of benzene rings is 2. The number of likely N-dealkylation sites (tertiary alicyclic amines) is 1. The van der Waals surface area contributed by atoms with Gasteiger partial charge in [0.15, 0.2) is 0 Å². The van der Waals surface area contributed by atoms with Gasteiger partial charge in [-0.15, -0.1) is 0 Å². The van der Waals surface area contributed by atoms with Crippen molar-refractivity contribution in [2.24, 2.45) is 0 Å². The smallest absolute Gasteiger partial charge is 0.242 e. The number of sulfonamides is 1. The van der Waals surface area contributed by atoms with Crippen LogP contribution in [0.4, 0.5) is 14.5 Å². The Morgan fingerprint density at radius 2 is 1.78 bits per heavy atom. The van der Waals surface area contributed by atoms with Crippen LogP contribution < -0.4 is 9.62 Å². The van der Waals surface area contributed by atoms with E-state index in [4.69, 9.17) is 0 Å². The average Bonchev–Trinajstić information content (AvgIpc) is 2.98. The Labute approximate surface area is 187 Å². The van der Waals surface area contributed by atoms with Gasteiger partial charge in [0, 0.05) is 36.9 Å². The van der Waals surface area contributed by atoms with Gasteiger partial charge in [0.2, 0.25) is 15.9 Å². The minimum Gasteiger partial charge on any atom is -0.361 e. The molecule has 2 aliphatic heterocycles. The second kappa shape index (κ2) is 9.15. The molecule has 2 aromatic rings. The van der Waals surface area contributed by atoms with Gasteiger partial charge in [-0.2, -0.15) is 0 Å². The molecular formula is C23H27F2N3O3S. The summed E-state index contributed by atoms with van der Waals surface area (Å²) in [4.78, 5) is 16.7. The largest absolute Gasteiger partial charge is 0.361 e. The molecule has 0 aliphatic carbocycles. The summed E-state index contributed by atoms with van der Waals surface area (Å²) < 4.78 is 54.7. The fourth-order valence-corrected chi connectivity index (χ4v) is 5.52. The third-order valence-electron chi connectivity index (χ3n) is 6.11. The minimum absolute atomic E-state index is 0.0679. The van der Waals surface area contributed by atoms with Crippen LogP contribution in [0, 0.1) is 11.6 Å². The lowest BCUT2D eigenvalue weighted by Gasteiger charge is -2.27. The lowest BCUT2D eigenvalue weighted by atomic mass is 9.99. The Balaban J connectivity index is 1.52. The van der Waals surface area contributed by atoms with E-state index in [2.05, 4.69) is 4.72 Å². The highest BCUT2D eigenvalue weighted by molar-refractivity contribution is 7.88. The van der Waals surface area contributed by atoms with E-state index in [-0.39, 0.29) is 24.1 Å². The number of rotatable bonds is 5. The number of anilines is 1. The number of para-hydroxylation sites is 1. The van der Waals surface area contributed by atoms with Crippen molar-refractivity contribution in [2.75, 3.05) is 37.3 Å². The van der Waals surface area contributed by atoms with Gasteiger partial charge in [-0.05, 0) is 43.4 Å². The molecule has 0 spiro atoms. The first-order valence-corrected chi connectivity index (χ1v) is 12.7. The number of carbonyl (C=O) groups excluding carboxylic acids is 1. The molecule has 0 aromatic heterocycles. The van der Waals surface area contributed by atoms with Gasteiger partial charge >= 0.3 is 0 Å². The van der Waals surface area contributed by atoms with Gasteiger partial charge in [-0.1, -0.05) is 24.3 Å². The highest BCUT2D eigenvalue weighted by Gasteiger charge is 2.29. The van der Waals surface area contributed by atoms with Crippen LogP contribution in [0.5, 0.6) is 0 Å². The molecule has 2 heterocycles. The first-order chi connectivity index (χ1) is 15.2. The highest BCUT2D eigenvalue weighted by Crippen LogP contribution is 2.40. The Morgan fingerprint density at radius 3 is 2.50 bits per heavy atom. The number of fused-ring (bicyclic) bond motifs is 1. The number of hydrogen-bond acceptors (Lipinski definition) is 4. The van der Waals surface area contributed by atoms with Crippen LogP contribution in [0.15, 0.2) is 36.4 Å². The summed E-state index contributed by atoms with van der Waals surface area (Å²) in [6, 6.07) is 9.04. The molecule has 2 aliphatic rings. The Bertz CT molecular complexity index is 1100. The molecule has 1 amide bonds. The Hall–Kier alpha value is -2.52. The van der Waals surface area contributed by atoms with Crippen LogP contribution in [0.1, 0.15) is 24.8 Å². The fourth-order valence-electron chi connectivity index (χ4n) is 4.68. The first kappa shape index (κ1) is 22.7. The molecule has 0 radical (unpaired) electrons. The number of nitrogens with one attached hydrogen (secondary N) is 1. The van der Waals surface area contributed by atoms with E-state index in [9.17, 15) is 22.0 Å². The summed E-state index contributed by atoms with van der Waals surface area (Å²) in [6.45, 7) is 1.74. The van der Waals surface area contributed by atoms with E-state index in [1.807, 2.05) is 11.0 Å². The molecule has 1 saturated heterocycles. The third-order valence-corrected chi connectivity index (χ3v) is 6.87. The van der Waals surface area contributed by atoms with E-state index in [1.165, 1.54) is 18.2 Å². The topological polar surface area (TPSA) is 69.7 Å². The second-order valence-electron chi connectivity index (χ2n) is 8.48. The quantitative estimate of drug-likeness (QED) is 0.740. The molecule has 6 nitrogen and oxygen atoms in total. The minimum atomic E-state index is -3.29. The van der Waals surface area contributed by atoms with Crippen molar-refractivity contribution >= 4 is 21.6 Å². The summed E-state index contributed by atoms with van der Waals surface area (Å²) in [5.74, 6) is -1.33. The second-order valence-corrected chi connectivity index (χ2v) is 10.3. The predicted octanol–water partition coefficient (Wildman–Crippen LogP) is 2.92. The summed E-state index contributed by atoms with van der Waals surface area (Å²) in [5, 5.41) is 0. The fraction of sp³-hybridized carbons (Fsp3) is 0.435. The summed E-state index contributed by atoms with van der Waals surface area (Å²) in [6.07, 6.45) is 3.79. The average molecular weight is 464 g/mol. The van der Waals surface area contributed by atoms with Gasteiger partial charge in [-0.25, -0.2) is 21.9 Å². The molecule has 9 heteroatoms. The molecule has 0 unspecified atom stereocenters. The van der Waals surface area contributed by atoms with Crippen molar-refractivity contribution in [3.63, 3.8) is 0 Å². The van der Waals surface area contributed by atoms with Crippen LogP contribution in [0.25, 0.3) is 11.1 Å². The number of hydrogen-bond donors (Lipinski definition) is 1. The van der Waals surface area contributed by atoms with E-state index >= 15 is 0 Å². The number of nitrogens with zero attached hydrogens (tertiary/aromatic N) is 2. The zero-order valence-corrected chi connectivity index (χ0v) is 18.8. The van der Waals surface area contributed by atoms with Gasteiger partial charge < -0.3 is 9.80 Å². The van der Waals surface area contributed by atoms with E-state index in [0.29, 0.717) is 56.6 Å². The van der Waals surface area contributed by atoms with E-state index < -0.39 is 21.7 Å². The normalized spacial score (nSPS) is 19.0. The zero-order valence-electron chi connectivity index (χ0n) is 18.0. The number of amides is 1. The van der Waals surface area contributed by atoms with Crippen LogP contribution in [-0.4, -0.2) is 57.7 Å². The number of halogens is 2. The van der Waals surface area contributed by atoms with Crippen molar-refractivity contribution in [3.8, 4) is 11.1 Å². The Morgan fingerprint density at radius 1 is 1.06 bits per heavy atom. The van der Waals surface area contributed by atoms with Gasteiger partial charge in [-0.3, -0.25) is 4.79 Å². The van der Waals surface area contributed by atoms with Crippen LogP contribution in [-0.2, 0) is 21.2 Å². The predicted molar refractivity (Wildman–Crippen MR) is 120 cm³/mol. The molecule has 4 rings (SSSR count). The first-order valence-electron chi connectivity index (χ1n) is 10.8.